The summed E-state index contributed by atoms with van der Waals surface area (Å²) < 4.78 is 11.1. The number of hydrogen-bond donors (Lipinski definition) is 1. The second kappa shape index (κ2) is 8.38. The molecule has 2 heterocycles. The van der Waals surface area contributed by atoms with Gasteiger partial charge in [0.15, 0.2) is 5.76 Å². The molecule has 0 radical (unpaired) electrons. The number of carboxylic acid groups (broad SMARTS) is 1. The summed E-state index contributed by atoms with van der Waals surface area (Å²) in [5.41, 5.74) is 0.705. The monoisotopic (exact) mass is 377 g/mol. The van der Waals surface area contributed by atoms with Gasteiger partial charge in [0.2, 0.25) is 0 Å². The Kier molecular flexibility index (Phi) is 5.96. The Morgan fingerprint density at radius 1 is 1.15 bits per heavy atom. The van der Waals surface area contributed by atoms with E-state index < -0.39 is 5.97 Å². The number of halogens is 1. The third-order valence-electron chi connectivity index (χ3n) is 4.42. The maximum Gasteiger partial charge on any atom is 0.305 e. The molecule has 0 spiro atoms. The maximum atomic E-state index is 13.0. The van der Waals surface area contributed by atoms with Crippen molar-refractivity contribution >= 4 is 23.5 Å². The largest absolute Gasteiger partial charge is 0.481 e. The lowest BCUT2D eigenvalue weighted by atomic mass is 10.1. The molecule has 6 nitrogen and oxygen atoms in total. The van der Waals surface area contributed by atoms with Crippen LogP contribution in [0.5, 0.6) is 0 Å². The van der Waals surface area contributed by atoms with Gasteiger partial charge in [0.1, 0.15) is 5.76 Å². The Balaban J connectivity index is 1.82. The average molecular weight is 378 g/mol. The van der Waals surface area contributed by atoms with E-state index in [1.54, 1.807) is 23.1 Å². The van der Waals surface area contributed by atoms with Crippen LogP contribution in [-0.2, 0) is 9.53 Å². The normalized spacial score (nSPS) is 15.0. The molecule has 1 aromatic carbocycles. The second-order valence-electron chi connectivity index (χ2n) is 6.13. The number of furan rings is 1. The molecule has 3 rings (SSSR count). The summed E-state index contributed by atoms with van der Waals surface area (Å²) in [5.74, 6) is -0.566. The van der Waals surface area contributed by atoms with Gasteiger partial charge in [0, 0.05) is 31.4 Å². The van der Waals surface area contributed by atoms with E-state index in [2.05, 4.69) is 0 Å². The summed E-state index contributed by atoms with van der Waals surface area (Å²) in [6.45, 7) is 1.26. The number of benzene rings is 1. The summed E-state index contributed by atoms with van der Waals surface area (Å²) in [4.78, 5) is 25.5. The number of amides is 1. The number of carbonyl (C=O) groups is 2. The highest BCUT2D eigenvalue weighted by Crippen LogP contribution is 2.30. The van der Waals surface area contributed by atoms with Crippen molar-refractivity contribution in [3.63, 3.8) is 0 Å². The van der Waals surface area contributed by atoms with Crippen LogP contribution < -0.4 is 0 Å². The van der Waals surface area contributed by atoms with Crippen LogP contribution in [0.2, 0.25) is 5.02 Å². The average Bonchev–Trinajstić information content (AvgIpc) is 3.12. The Labute approximate surface area is 156 Å². The first-order chi connectivity index (χ1) is 12.6. The molecule has 1 aliphatic rings. The van der Waals surface area contributed by atoms with Gasteiger partial charge in [-0.05, 0) is 37.1 Å². The Hall–Kier alpha value is -2.31. The zero-order chi connectivity index (χ0) is 18.5. The number of ether oxygens (including phenoxy) is 1. The molecule has 0 atom stereocenters. The predicted molar refractivity (Wildman–Crippen MR) is 96.3 cm³/mol. The molecule has 1 aromatic heterocycles. The van der Waals surface area contributed by atoms with Gasteiger partial charge in [-0.2, -0.15) is 0 Å². The van der Waals surface area contributed by atoms with Crippen LogP contribution in [0, 0.1) is 0 Å². The minimum atomic E-state index is -0.939. The standard InChI is InChI=1S/C19H20ClNO5/c20-15-4-2-1-3-14(15)16-5-6-17(26-16)19(24)21(10-7-18(22)23)13-8-11-25-12-9-13/h1-6,13H,7-12H2,(H,22,23). The fraction of sp³-hybridized carbons (Fsp3) is 0.368. The van der Waals surface area contributed by atoms with E-state index in [1.807, 2.05) is 18.2 Å². The van der Waals surface area contributed by atoms with Crippen LogP contribution in [0.25, 0.3) is 11.3 Å². The molecular weight excluding hydrogens is 358 g/mol. The minimum Gasteiger partial charge on any atom is -0.481 e. The number of carbonyl (C=O) groups excluding carboxylic acids is 1. The number of carboxylic acids is 1. The van der Waals surface area contributed by atoms with Gasteiger partial charge in [-0.25, -0.2) is 0 Å². The Morgan fingerprint density at radius 2 is 1.88 bits per heavy atom. The van der Waals surface area contributed by atoms with Crippen molar-refractivity contribution in [2.45, 2.75) is 25.3 Å². The molecule has 0 bridgehead atoms. The van der Waals surface area contributed by atoms with Crippen molar-refractivity contribution in [3.8, 4) is 11.3 Å². The Bertz CT molecular complexity index is 782. The van der Waals surface area contributed by atoms with Crippen molar-refractivity contribution in [1.82, 2.24) is 4.90 Å². The van der Waals surface area contributed by atoms with E-state index in [9.17, 15) is 9.59 Å². The summed E-state index contributed by atoms with van der Waals surface area (Å²) in [5, 5.41) is 9.53. The van der Waals surface area contributed by atoms with Crippen molar-refractivity contribution in [2.24, 2.45) is 0 Å². The van der Waals surface area contributed by atoms with Crippen LogP contribution in [0.15, 0.2) is 40.8 Å². The summed E-state index contributed by atoms with van der Waals surface area (Å²) in [6, 6.07) is 10.5. The van der Waals surface area contributed by atoms with Gasteiger partial charge in [0.05, 0.1) is 11.4 Å². The van der Waals surface area contributed by atoms with Crippen molar-refractivity contribution in [2.75, 3.05) is 19.8 Å². The van der Waals surface area contributed by atoms with Gasteiger partial charge in [-0.15, -0.1) is 0 Å². The van der Waals surface area contributed by atoms with Crippen LogP contribution in [0.3, 0.4) is 0 Å². The Morgan fingerprint density at radius 3 is 2.58 bits per heavy atom. The highest BCUT2D eigenvalue weighted by Gasteiger charge is 2.29. The van der Waals surface area contributed by atoms with Crippen LogP contribution >= 0.6 is 11.6 Å². The highest BCUT2D eigenvalue weighted by atomic mass is 35.5. The van der Waals surface area contributed by atoms with Crippen molar-refractivity contribution in [3.05, 3.63) is 47.2 Å². The molecule has 1 fully saturated rings. The lowest BCUT2D eigenvalue weighted by Gasteiger charge is -2.33. The molecule has 138 valence electrons. The molecule has 1 aliphatic heterocycles. The molecule has 1 N–H and O–H groups in total. The van der Waals surface area contributed by atoms with E-state index in [-0.39, 0.29) is 30.7 Å². The third kappa shape index (κ3) is 4.26. The first-order valence-electron chi connectivity index (χ1n) is 8.51. The summed E-state index contributed by atoms with van der Waals surface area (Å²) in [6.07, 6.45) is 1.26. The molecule has 0 unspecified atom stereocenters. The fourth-order valence-corrected chi connectivity index (χ4v) is 3.29. The van der Waals surface area contributed by atoms with E-state index in [0.717, 1.165) is 0 Å². The van der Waals surface area contributed by atoms with E-state index in [0.29, 0.717) is 42.4 Å². The molecular formula is C19H20ClNO5. The van der Waals surface area contributed by atoms with E-state index in [4.69, 9.17) is 25.9 Å². The fourth-order valence-electron chi connectivity index (χ4n) is 3.06. The smallest absolute Gasteiger partial charge is 0.305 e. The van der Waals surface area contributed by atoms with E-state index >= 15 is 0 Å². The lowest BCUT2D eigenvalue weighted by Crippen LogP contribution is -2.44. The molecule has 1 saturated heterocycles. The third-order valence-corrected chi connectivity index (χ3v) is 4.74. The molecule has 26 heavy (non-hydrogen) atoms. The minimum absolute atomic E-state index is 0.0514. The molecule has 0 aliphatic carbocycles. The topological polar surface area (TPSA) is 80.0 Å². The lowest BCUT2D eigenvalue weighted by molar-refractivity contribution is -0.137. The second-order valence-corrected chi connectivity index (χ2v) is 6.54. The number of hydrogen-bond acceptors (Lipinski definition) is 4. The van der Waals surface area contributed by atoms with Gasteiger partial charge in [0.25, 0.3) is 5.91 Å². The molecule has 7 heteroatoms. The SMILES string of the molecule is O=C(O)CCN(C(=O)c1ccc(-c2ccccc2Cl)o1)C1CCOCC1. The number of rotatable bonds is 6. The maximum absolute atomic E-state index is 13.0. The number of nitrogens with zero attached hydrogens (tertiary/aromatic N) is 1. The van der Waals surface area contributed by atoms with Gasteiger partial charge in [-0.1, -0.05) is 23.7 Å². The molecule has 1 amide bonds. The summed E-state index contributed by atoms with van der Waals surface area (Å²) in [7, 11) is 0. The predicted octanol–water partition coefficient (Wildman–Crippen LogP) is 3.70. The quantitative estimate of drug-likeness (QED) is 0.830. The first kappa shape index (κ1) is 18.5. The van der Waals surface area contributed by atoms with Gasteiger partial charge in [-0.3, -0.25) is 9.59 Å². The zero-order valence-electron chi connectivity index (χ0n) is 14.2. The van der Waals surface area contributed by atoms with Gasteiger partial charge >= 0.3 is 5.97 Å². The molecule has 0 saturated carbocycles. The zero-order valence-corrected chi connectivity index (χ0v) is 14.9. The summed E-state index contributed by atoms with van der Waals surface area (Å²) >= 11 is 6.18. The van der Waals surface area contributed by atoms with Crippen molar-refractivity contribution in [1.29, 1.82) is 0 Å². The van der Waals surface area contributed by atoms with Crippen LogP contribution in [0.1, 0.15) is 29.8 Å². The van der Waals surface area contributed by atoms with Gasteiger partial charge < -0.3 is 19.2 Å². The highest BCUT2D eigenvalue weighted by molar-refractivity contribution is 6.33. The van der Waals surface area contributed by atoms with Crippen molar-refractivity contribution < 1.29 is 23.8 Å². The van der Waals surface area contributed by atoms with Crippen LogP contribution in [-0.4, -0.2) is 47.7 Å². The molecule has 2 aromatic rings. The number of aliphatic carboxylic acids is 1. The van der Waals surface area contributed by atoms with Crippen LogP contribution in [0.4, 0.5) is 0 Å². The first-order valence-corrected chi connectivity index (χ1v) is 8.89. The van der Waals surface area contributed by atoms with E-state index in [1.165, 1.54) is 0 Å².